The van der Waals surface area contributed by atoms with Crippen molar-refractivity contribution in [2.24, 2.45) is 5.73 Å². The van der Waals surface area contributed by atoms with E-state index in [0.29, 0.717) is 6.54 Å². The van der Waals surface area contributed by atoms with E-state index < -0.39 is 10.8 Å². The molecular weight excluding hydrogens is 278 g/mol. The number of carbonyl (C=O) groups is 1. The van der Waals surface area contributed by atoms with Gasteiger partial charge in [-0.25, -0.2) is 0 Å². The second-order valence-electron chi connectivity index (χ2n) is 4.84. The second kappa shape index (κ2) is 6.51. The number of ether oxygens (including phenoxy) is 2. The Kier molecular flexibility index (Phi) is 4.71. The third-order valence-corrected chi connectivity index (χ3v) is 3.09. The first-order valence-corrected chi connectivity index (χ1v) is 6.54. The van der Waals surface area contributed by atoms with Gasteiger partial charge in [-0.15, -0.1) is 0 Å². The number of nitro groups is 1. The molecule has 0 bridgehead atoms. The predicted molar refractivity (Wildman–Crippen MR) is 74.3 cm³/mol. The van der Waals surface area contributed by atoms with Crippen molar-refractivity contribution in [3.05, 3.63) is 33.9 Å². The largest absolute Gasteiger partial charge is 0.484 e. The first-order chi connectivity index (χ1) is 9.97. The lowest BCUT2D eigenvalue weighted by Gasteiger charge is -2.28. The quantitative estimate of drug-likeness (QED) is 0.601. The van der Waals surface area contributed by atoms with E-state index in [9.17, 15) is 14.9 Å². The van der Waals surface area contributed by atoms with Crippen LogP contribution in [0.5, 0.6) is 5.75 Å². The summed E-state index contributed by atoms with van der Waals surface area (Å²) in [4.78, 5) is 21.5. The van der Waals surface area contributed by atoms with E-state index in [-0.39, 0.29) is 35.8 Å². The lowest BCUT2D eigenvalue weighted by Crippen LogP contribution is -2.45. The Bertz CT molecular complexity index is 549. The summed E-state index contributed by atoms with van der Waals surface area (Å²) in [7, 11) is 0. The number of hydrogen-bond donors (Lipinski definition) is 2. The van der Waals surface area contributed by atoms with Crippen LogP contribution >= 0.6 is 0 Å². The lowest BCUT2D eigenvalue weighted by molar-refractivity contribution is -0.386. The van der Waals surface area contributed by atoms with Gasteiger partial charge in [-0.3, -0.25) is 14.9 Å². The van der Waals surface area contributed by atoms with Gasteiger partial charge in [-0.2, -0.15) is 0 Å². The van der Waals surface area contributed by atoms with Crippen molar-refractivity contribution in [3.63, 3.8) is 0 Å². The van der Waals surface area contributed by atoms with E-state index in [1.807, 2.05) is 6.92 Å². The molecule has 1 aromatic rings. The minimum atomic E-state index is -0.724. The van der Waals surface area contributed by atoms with Crippen molar-refractivity contribution >= 4 is 11.6 Å². The molecule has 8 nitrogen and oxygen atoms in total. The van der Waals surface area contributed by atoms with Gasteiger partial charge in [0.2, 0.25) is 5.91 Å². The number of morpholine rings is 1. The minimum Gasteiger partial charge on any atom is -0.484 e. The molecule has 1 amide bonds. The molecule has 0 aliphatic carbocycles. The molecule has 8 heteroatoms. The SMILES string of the molecule is CC1CNCC(COc2ccc(C(N)=O)cc2[N+](=O)[O-])O1. The molecule has 3 N–H and O–H groups in total. The number of rotatable bonds is 5. The number of benzene rings is 1. The number of nitrogens with zero attached hydrogens (tertiary/aromatic N) is 1. The van der Waals surface area contributed by atoms with E-state index in [4.69, 9.17) is 15.2 Å². The fraction of sp³-hybridized carbons (Fsp3) is 0.462. The van der Waals surface area contributed by atoms with Crippen LogP contribution in [0.4, 0.5) is 5.69 Å². The van der Waals surface area contributed by atoms with Crippen LogP contribution < -0.4 is 15.8 Å². The summed E-state index contributed by atoms with van der Waals surface area (Å²) in [6.07, 6.45) is -0.108. The molecule has 0 spiro atoms. The van der Waals surface area contributed by atoms with Gasteiger partial charge in [-0.05, 0) is 19.1 Å². The van der Waals surface area contributed by atoms with Crippen molar-refractivity contribution in [3.8, 4) is 5.75 Å². The molecule has 0 radical (unpaired) electrons. The Morgan fingerprint density at radius 2 is 2.33 bits per heavy atom. The highest BCUT2D eigenvalue weighted by Gasteiger charge is 2.22. The van der Waals surface area contributed by atoms with Crippen LogP contribution in [0.25, 0.3) is 0 Å². The number of nitrogens with one attached hydrogen (secondary N) is 1. The number of nitrogens with two attached hydrogens (primary N) is 1. The minimum absolute atomic E-state index is 0.0678. The van der Waals surface area contributed by atoms with E-state index in [0.717, 1.165) is 12.6 Å². The first kappa shape index (κ1) is 15.2. The average molecular weight is 295 g/mol. The van der Waals surface area contributed by atoms with Gasteiger partial charge in [0.25, 0.3) is 0 Å². The van der Waals surface area contributed by atoms with Crippen molar-refractivity contribution in [2.45, 2.75) is 19.1 Å². The van der Waals surface area contributed by atoms with Crippen LogP contribution in [0.1, 0.15) is 17.3 Å². The van der Waals surface area contributed by atoms with Gasteiger partial charge in [0.05, 0.1) is 11.0 Å². The molecule has 0 saturated carbocycles. The normalized spacial score (nSPS) is 21.8. The Morgan fingerprint density at radius 1 is 1.57 bits per heavy atom. The van der Waals surface area contributed by atoms with Crippen LogP contribution in [0, 0.1) is 10.1 Å². The number of amides is 1. The summed E-state index contributed by atoms with van der Waals surface area (Å²) in [5.74, 6) is -0.634. The van der Waals surface area contributed by atoms with E-state index in [1.54, 1.807) is 0 Å². The van der Waals surface area contributed by atoms with Crippen LogP contribution in [-0.2, 0) is 4.74 Å². The summed E-state index contributed by atoms with van der Waals surface area (Å²) in [6.45, 7) is 3.51. The highest BCUT2D eigenvalue weighted by atomic mass is 16.6. The number of hydrogen-bond acceptors (Lipinski definition) is 6. The summed E-state index contributed by atoms with van der Waals surface area (Å²) in [5.41, 5.74) is 4.89. The highest BCUT2D eigenvalue weighted by molar-refractivity contribution is 5.93. The van der Waals surface area contributed by atoms with Gasteiger partial charge >= 0.3 is 5.69 Å². The van der Waals surface area contributed by atoms with Gasteiger partial charge < -0.3 is 20.5 Å². The van der Waals surface area contributed by atoms with Gasteiger partial charge in [0, 0.05) is 24.7 Å². The summed E-state index contributed by atoms with van der Waals surface area (Å²) in [5, 5.41) is 14.2. The molecule has 2 atom stereocenters. The molecule has 1 saturated heterocycles. The molecule has 1 heterocycles. The van der Waals surface area contributed by atoms with Crippen LogP contribution in [0.2, 0.25) is 0 Å². The maximum Gasteiger partial charge on any atom is 0.311 e. The standard InChI is InChI=1S/C13H17N3O5/c1-8-5-15-6-10(21-8)7-20-12-3-2-9(13(14)17)4-11(12)16(18)19/h2-4,8,10,15H,5-7H2,1H3,(H2,14,17). The zero-order valence-corrected chi connectivity index (χ0v) is 11.6. The fourth-order valence-corrected chi connectivity index (χ4v) is 2.09. The first-order valence-electron chi connectivity index (χ1n) is 6.54. The van der Waals surface area contributed by atoms with Crippen molar-refractivity contribution < 1.29 is 19.2 Å². The molecule has 114 valence electrons. The maximum atomic E-state index is 11.1. The van der Waals surface area contributed by atoms with E-state index in [2.05, 4.69) is 5.32 Å². The topological polar surface area (TPSA) is 117 Å². The van der Waals surface area contributed by atoms with Crippen LogP contribution in [0.3, 0.4) is 0 Å². The van der Waals surface area contributed by atoms with E-state index >= 15 is 0 Å². The van der Waals surface area contributed by atoms with Crippen molar-refractivity contribution in [2.75, 3.05) is 19.7 Å². The fourth-order valence-electron chi connectivity index (χ4n) is 2.09. The molecule has 2 rings (SSSR count). The van der Waals surface area contributed by atoms with Gasteiger partial charge in [-0.1, -0.05) is 0 Å². The van der Waals surface area contributed by atoms with Gasteiger partial charge in [0.15, 0.2) is 5.75 Å². The number of primary amides is 1. The maximum absolute atomic E-state index is 11.1. The van der Waals surface area contributed by atoms with Crippen LogP contribution in [-0.4, -0.2) is 42.7 Å². The highest BCUT2D eigenvalue weighted by Crippen LogP contribution is 2.28. The third-order valence-electron chi connectivity index (χ3n) is 3.09. The summed E-state index contributed by atoms with van der Waals surface area (Å²) >= 11 is 0. The van der Waals surface area contributed by atoms with Crippen molar-refractivity contribution in [1.82, 2.24) is 5.32 Å². The molecule has 1 aromatic carbocycles. The third kappa shape index (κ3) is 3.89. The number of carbonyl (C=O) groups excluding carboxylic acids is 1. The van der Waals surface area contributed by atoms with Gasteiger partial charge in [0.1, 0.15) is 12.7 Å². The Balaban J connectivity index is 2.08. The molecule has 21 heavy (non-hydrogen) atoms. The monoisotopic (exact) mass is 295 g/mol. The Labute approximate surface area is 121 Å². The second-order valence-corrected chi connectivity index (χ2v) is 4.84. The van der Waals surface area contributed by atoms with Crippen LogP contribution in [0.15, 0.2) is 18.2 Å². The zero-order valence-electron chi connectivity index (χ0n) is 11.6. The molecule has 1 aliphatic heterocycles. The Morgan fingerprint density at radius 3 is 2.95 bits per heavy atom. The molecule has 1 fully saturated rings. The lowest BCUT2D eigenvalue weighted by atomic mass is 10.2. The van der Waals surface area contributed by atoms with E-state index in [1.165, 1.54) is 12.1 Å². The summed E-state index contributed by atoms with van der Waals surface area (Å²) in [6, 6.07) is 3.88. The summed E-state index contributed by atoms with van der Waals surface area (Å²) < 4.78 is 11.1. The Hall–Kier alpha value is -2.19. The molecular formula is C13H17N3O5. The molecule has 2 unspecified atom stereocenters. The predicted octanol–water partition coefficient (Wildman–Crippen LogP) is 0.449. The smallest absolute Gasteiger partial charge is 0.311 e. The number of nitro benzene ring substituents is 1. The molecule has 1 aliphatic rings. The average Bonchev–Trinajstić information content (AvgIpc) is 2.44. The zero-order chi connectivity index (χ0) is 15.4. The molecule has 0 aromatic heterocycles. The van der Waals surface area contributed by atoms with Crippen molar-refractivity contribution in [1.29, 1.82) is 0 Å².